The minimum Gasteiger partial charge on any atom is -0.478 e. The normalized spacial score (nSPS) is 22.0. The second kappa shape index (κ2) is 6.13. The summed E-state index contributed by atoms with van der Waals surface area (Å²) < 4.78 is 0. The lowest BCUT2D eigenvalue weighted by atomic mass is 9.97. The number of nitrogens with zero attached hydrogens (tertiary/aromatic N) is 1. The van der Waals surface area contributed by atoms with Crippen molar-refractivity contribution in [2.75, 3.05) is 18.4 Å². The molecule has 2 rings (SSSR count). The molecule has 1 heterocycles. The molecule has 2 unspecified atom stereocenters. The van der Waals surface area contributed by atoms with Crippen LogP contribution in [0.5, 0.6) is 0 Å². The minimum atomic E-state index is -1.07. The molecule has 2 atom stereocenters. The maximum Gasteiger partial charge on any atom is 0.337 e. The maximum atomic E-state index is 12.2. The molecule has 3 N–H and O–H groups in total. The van der Waals surface area contributed by atoms with E-state index in [1.54, 1.807) is 24.0 Å². The molecule has 1 saturated heterocycles. The Morgan fingerprint density at radius 2 is 2.10 bits per heavy atom. The molecule has 0 saturated carbocycles. The van der Waals surface area contributed by atoms with E-state index in [1.807, 2.05) is 6.92 Å². The number of hydrogen-bond acceptors (Lipinski definition) is 3. The summed E-state index contributed by atoms with van der Waals surface area (Å²) >= 11 is 0. The van der Waals surface area contributed by atoms with Crippen molar-refractivity contribution in [3.05, 3.63) is 29.3 Å². The molecule has 1 fully saturated rings. The number of anilines is 1. The van der Waals surface area contributed by atoms with E-state index in [0.717, 1.165) is 5.56 Å². The molecular weight excluding hydrogens is 272 g/mol. The lowest BCUT2D eigenvalue weighted by Gasteiger charge is -2.34. The third-order valence-corrected chi connectivity index (χ3v) is 3.79. The molecule has 0 radical (unpaired) electrons. The maximum absolute atomic E-state index is 12.2. The average molecular weight is 292 g/mol. The Hall–Kier alpha value is -2.08. The van der Waals surface area contributed by atoms with Crippen molar-refractivity contribution in [2.45, 2.75) is 26.4 Å². The monoisotopic (exact) mass is 292 g/mol. The van der Waals surface area contributed by atoms with E-state index in [1.165, 1.54) is 6.07 Å². The molecule has 6 nitrogen and oxygen atoms in total. The topological polar surface area (TPSA) is 89.9 Å². The lowest BCUT2D eigenvalue weighted by molar-refractivity contribution is 0.0506. The quantitative estimate of drug-likeness (QED) is 0.777. The van der Waals surface area contributed by atoms with Crippen LogP contribution in [-0.4, -0.2) is 46.3 Å². The van der Waals surface area contributed by atoms with E-state index in [2.05, 4.69) is 5.32 Å². The van der Waals surface area contributed by atoms with Crippen molar-refractivity contribution in [3.63, 3.8) is 0 Å². The fraction of sp³-hybridized carbons (Fsp3) is 0.467. The summed E-state index contributed by atoms with van der Waals surface area (Å²) in [7, 11) is 0. The Balaban J connectivity index is 2.11. The first-order valence-electron chi connectivity index (χ1n) is 6.96. The molecule has 0 bridgehead atoms. The molecule has 114 valence electrons. The van der Waals surface area contributed by atoms with Gasteiger partial charge in [-0.25, -0.2) is 9.59 Å². The van der Waals surface area contributed by atoms with Crippen LogP contribution in [-0.2, 0) is 0 Å². The van der Waals surface area contributed by atoms with Crippen LogP contribution in [0.25, 0.3) is 0 Å². The lowest BCUT2D eigenvalue weighted by Crippen LogP contribution is -2.46. The number of piperidine rings is 1. The van der Waals surface area contributed by atoms with Gasteiger partial charge in [-0.2, -0.15) is 0 Å². The summed E-state index contributed by atoms with van der Waals surface area (Å²) in [6, 6.07) is 4.55. The Labute approximate surface area is 123 Å². The number of urea groups is 1. The van der Waals surface area contributed by atoms with Crippen molar-refractivity contribution in [1.29, 1.82) is 0 Å². The Morgan fingerprint density at radius 1 is 1.38 bits per heavy atom. The largest absolute Gasteiger partial charge is 0.478 e. The van der Waals surface area contributed by atoms with Crippen LogP contribution in [0.3, 0.4) is 0 Å². The molecule has 0 spiro atoms. The Kier molecular flexibility index (Phi) is 4.47. The van der Waals surface area contributed by atoms with Crippen molar-refractivity contribution in [1.82, 2.24) is 4.90 Å². The molecule has 2 amide bonds. The van der Waals surface area contributed by atoms with Gasteiger partial charge in [0.1, 0.15) is 0 Å². The van der Waals surface area contributed by atoms with Crippen LogP contribution >= 0.6 is 0 Å². The van der Waals surface area contributed by atoms with Crippen LogP contribution in [0.1, 0.15) is 29.3 Å². The number of carbonyl (C=O) groups excluding carboxylic acids is 1. The van der Waals surface area contributed by atoms with E-state index in [0.29, 0.717) is 19.5 Å². The number of rotatable bonds is 2. The average Bonchev–Trinajstić information content (AvgIpc) is 2.43. The SMILES string of the molecule is Cc1ccc(NC(=O)N2CCC(O)C(C)C2)c(C(=O)O)c1. The molecule has 0 aliphatic carbocycles. The molecule has 0 aromatic heterocycles. The summed E-state index contributed by atoms with van der Waals surface area (Å²) in [6.45, 7) is 4.61. The zero-order chi connectivity index (χ0) is 15.6. The van der Waals surface area contributed by atoms with Gasteiger partial charge in [0.15, 0.2) is 0 Å². The summed E-state index contributed by atoms with van der Waals surface area (Å²) in [5.74, 6) is -1.06. The molecule has 1 aromatic carbocycles. The highest BCUT2D eigenvalue weighted by Crippen LogP contribution is 2.20. The van der Waals surface area contributed by atoms with Gasteiger partial charge >= 0.3 is 12.0 Å². The summed E-state index contributed by atoms with van der Waals surface area (Å²) in [6.07, 6.45) is 0.150. The van der Waals surface area contributed by atoms with Gasteiger partial charge in [-0.05, 0) is 31.4 Å². The first-order valence-corrected chi connectivity index (χ1v) is 6.96. The third-order valence-electron chi connectivity index (χ3n) is 3.79. The number of aliphatic hydroxyl groups is 1. The van der Waals surface area contributed by atoms with Crippen LogP contribution in [0.2, 0.25) is 0 Å². The van der Waals surface area contributed by atoms with Crippen LogP contribution in [0, 0.1) is 12.8 Å². The van der Waals surface area contributed by atoms with Gasteiger partial charge in [-0.3, -0.25) is 0 Å². The molecule has 6 heteroatoms. The van der Waals surface area contributed by atoms with Crippen molar-refractivity contribution in [2.24, 2.45) is 5.92 Å². The van der Waals surface area contributed by atoms with Gasteiger partial charge in [-0.1, -0.05) is 18.6 Å². The van der Waals surface area contributed by atoms with E-state index in [-0.39, 0.29) is 29.3 Å². The molecule has 1 aliphatic rings. The van der Waals surface area contributed by atoms with Gasteiger partial charge in [0.25, 0.3) is 0 Å². The highest BCUT2D eigenvalue weighted by molar-refractivity contribution is 6.00. The van der Waals surface area contributed by atoms with E-state index in [9.17, 15) is 19.8 Å². The van der Waals surface area contributed by atoms with Gasteiger partial charge in [-0.15, -0.1) is 0 Å². The third kappa shape index (κ3) is 3.52. The second-order valence-electron chi connectivity index (χ2n) is 5.56. The summed E-state index contributed by atoms with van der Waals surface area (Å²) in [5, 5.41) is 21.5. The van der Waals surface area contributed by atoms with Crippen LogP contribution < -0.4 is 5.32 Å². The zero-order valence-electron chi connectivity index (χ0n) is 12.2. The fourth-order valence-corrected chi connectivity index (χ4v) is 2.46. The number of likely N-dealkylation sites (tertiary alicyclic amines) is 1. The van der Waals surface area contributed by atoms with Crippen LogP contribution in [0.15, 0.2) is 18.2 Å². The number of aromatic carboxylic acids is 1. The van der Waals surface area contributed by atoms with Gasteiger partial charge in [0, 0.05) is 13.1 Å². The van der Waals surface area contributed by atoms with Crippen molar-refractivity contribution >= 4 is 17.7 Å². The van der Waals surface area contributed by atoms with Gasteiger partial charge in [0.05, 0.1) is 17.4 Å². The second-order valence-corrected chi connectivity index (χ2v) is 5.56. The number of hydrogen-bond donors (Lipinski definition) is 3. The van der Waals surface area contributed by atoms with Gasteiger partial charge in [0.2, 0.25) is 0 Å². The Morgan fingerprint density at radius 3 is 2.71 bits per heavy atom. The van der Waals surface area contributed by atoms with Crippen molar-refractivity contribution < 1.29 is 19.8 Å². The smallest absolute Gasteiger partial charge is 0.337 e. The first-order chi connectivity index (χ1) is 9.88. The number of carbonyl (C=O) groups is 2. The Bertz CT molecular complexity index is 559. The van der Waals surface area contributed by atoms with Crippen molar-refractivity contribution in [3.8, 4) is 0 Å². The highest BCUT2D eigenvalue weighted by Gasteiger charge is 2.27. The first kappa shape index (κ1) is 15.3. The number of benzene rings is 1. The van der Waals surface area contributed by atoms with Crippen LogP contribution in [0.4, 0.5) is 10.5 Å². The van der Waals surface area contributed by atoms with E-state index >= 15 is 0 Å². The fourth-order valence-electron chi connectivity index (χ4n) is 2.46. The van der Waals surface area contributed by atoms with E-state index in [4.69, 9.17) is 0 Å². The minimum absolute atomic E-state index is 0.0152. The number of carboxylic acids is 1. The number of nitrogens with one attached hydrogen (secondary N) is 1. The molecule has 21 heavy (non-hydrogen) atoms. The number of amides is 2. The summed E-state index contributed by atoms with van der Waals surface area (Å²) in [5.41, 5.74) is 1.19. The number of aliphatic hydroxyl groups excluding tert-OH is 1. The van der Waals surface area contributed by atoms with Gasteiger partial charge < -0.3 is 20.4 Å². The number of carboxylic acid groups (broad SMARTS) is 1. The predicted octanol–water partition coefficient (Wildman–Crippen LogP) is 1.93. The standard InChI is InChI=1S/C15H20N2O4/c1-9-3-4-12(11(7-9)14(19)20)16-15(21)17-6-5-13(18)10(2)8-17/h3-4,7,10,13,18H,5-6,8H2,1-2H3,(H,16,21)(H,19,20). The van der Waals surface area contributed by atoms with E-state index < -0.39 is 5.97 Å². The number of aryl methyl sites for hydroxylation is 1. The molecule has 1 aromatic rings. The zero-order valence-corrected chi connectivity index (χ0v) is 12.2. The summed E-state index contributed by atoms with van der Waals surface area (Å²) in [4.78, 5) is 25.0. The predicted molar refractivity (Wildman–Crippen MR) is 78.5 cm³/mol. The molecular formula is C15H20N2O4. The molecule has 1 aliphatic heterocycles. The highest BCUT2D eigenvalue weighted by atomic mass is 16.4.